The number of aromatic amines is 1. The summed E-state index contributed by atoms with van der Waals surface area (Å²) in [7, 11) is -2.62. The van der Waals surface area contributed by atoms with Crippen molar-refractivity contribution in [3.8, 4) is 0 Å². The third kappa shape index (κ3) is 4.50. The highest BCUT2D eigenvalue weighted by molar-refractivity contribution is 7.89. The van der Waals surface area contributed by atoms with Crippen LogP contribution in [0.5, 0.6) is 0 Å². The van der Waals surface area contributed by atoms with Crippen molar-refractivity contribution >= 4 is 32.7 Å². The van der Waals surface area contributed by atoms with Crippen molar-refractivity contribution in [2.75, 3.05) is 26.7 Å². The van der Waals surface area contributed by atoms with E-state index in [1.807, 2.05) is 20.0 Å². The van der Waals surface area contributed by atoms with E-state index >= 15 is 0 Å². The average Bonchev–Trinajstić information content (AvgIpc) is 3.21. The van der Waals surface area contributed by atoms with Crippen LogP contribution in [-0.4, -0.2) is 70.1 Å². The number of rotatable bonds is 6. The number of pyridine rings is 1. The molecule has 0 unspecified atom stereocenters. The Labute approximate surface area is 197 Å². The van der Waals surface area contributed by atoms with Gasteiger partial charge >= 0.3 is 0 Å². The van der Waals surface area contributed by atoms with Crippen molar-refractivity contribution in [1.29, 1.82) is 0 Å². The van der Waals surface area contributed by atoms with Crippen molar-refractivity contribution in [2.45, 2.75) is 37.5 Å². The molecule has 0 spiro atoms. The SMILES string of the molecule is Cc1nc2c(C)ncc(C3CCN(C(=O)CN(C)S(=O)(=O)c4ccc([N+](=O)[O-])cc4)CC3)c2[nH]1. The van der Waals surface area contributed by atoms with Crippen LogP contribution >= 0.6 is 0 Å². The molecule has 0 saturated carbocycles. The summed E-state index contributed by atoms with van der Waals surface area (Å²) >= 11 is 0. The number of fused-ring (bicyclic) bond motifs is 1. The number of nitrogens with zero attached hydrogens (tertiary/aromatic N) is 5. The molecule has 1 fully saturated rings. The zero-order chi connectivity index (χ0) is 24.6. The van der Waals surface area contributed by atoms with Gasteiger partial charge in [-0.05, 0) is 50.3 Å². The Morgan fingerprint density at radius 1 is 1.24 bits per heavy atom. The third-order valence-electron chi connectivity index (χ3n) is 6.25. The normalized spacial score (nSPS) is 15.2. The van der Waals surface area contributed by atoms with Gasteiger partial charge in [0.1, 0.15) is 11.3 Å². The Hall–Kier alpha value is -3.38. The monoisotopic (exact) mass is 486 g/mol. The summed E-state index contributed by atoms with van der Waals surface area (Å²) in [4.78, 5) is 36.9. The van der Waals surface area contributed by atoms with Gasteiger partial charge < -0.3 is 9.88 Å². The molecule has 0 bridgehead atoms. The standard InChI is InChI=1S/C22H26N6O5S/c1-14-21-22(25-15(2)24-21)19(12-23-14)16-8-10-27(11-9-16)20(29)13-26(3)34(32,33)18-6-4-17(5-7-18)28(30)31/h4-7,12,16H,8-11,13H2,1-3H3,(H,24,25). The average molecular weight is 487 g/mol. The molecule has 1 aliphatic rings. The smallest absolute Gasteiger partial charge is 0.269 e. The first-order chi connectivity index (χ1) is 16.1. The van der Waals surface area contributed by atoms with E-state index in [4.69, 9.17) is 0 Å². The number of nitrogens with one attached hydrogen (secondary N) is 1. The van der Waals surface area contributed by atoms with Gasteiger partial charge in [-0.15, -0.1) is 0 Å². The summed E-state index contributed by atoms with van der Waals surface area (Å²) < 4.78 is 26.6. The van der Waals surface area contributed by atoms with Crippen LogP contribution in [0.3, 0.4) is 0 Å². The van der Waals surface area contributed by atoms with Crippen molar-refractivity contribution in [3.05, 3.63) is 57.7 Å². The van der Waals surface area contributed by atoms with Crippen LogP contribution in [0.1, 0.15) is 35.8 Å². The number of aromatic nitrogens is 3. The molecule has 0 atom stereocenters. The lowest BCUT2D eigenvalue weighted by molar-refractivity contribution is -0.384. The molecule has 1 N–H and O–H groups in total. The van der Waals surface area contributed by atoms with E-state index in [2.05, 4.69) is 15.0 Å². The maximum absolute atomic E-state index is 12.8. The highest BCUT2D eigenvalue weighted by Crippen LogP contribution is 2.32. The first-order valence-electron chi connectivity index (χ1n) is 10.9. The first kappa shape index (κ1) is 23.8. The molecule has 4 rings (SSSR count). The van der Waals surface area contributed by atoms with Crippen LogP contribution in [0.4, 0.5) is 5.69 Å². The minimum atomic E-state index is -3.95. The van der Waals surface area contributed by atoms with E-state index in [9.17, 15) is 23.3 Å². The van der Waals surface area contributed by atoms with Gasteiger partial charge in [-0.2, -0.15) is 4.31 Å². The Bertz CT molecular complexity index is 1340. The minimum absolute atomic E-state index is 0.0992. The number of hydrogen-bond donors (Lipinski definition) is 1. The summed E-state index contributed by atoms with van der Waals surface area (Å²) in [6.07, 6.45) is 3.35. The number of benzene rings is 1. The molecule has 180 valence electrons. The van der Waals surface area contributed by atoms with Gasteiger partial charge in [0.2, 0.25) is 15.9 Å². The fourth-order valence-electron chi connectivity index (χ4n) is 4.30. The summed E-state index contributed by atoms with van der Waals surface area (Å²) in [6, 6.07) is 4.61. The molecule has 0 aliphatic carbocycles. The predicted octanol–water partition coefficient (Wildman–Crippen LogP) is 2.51. The number of likely N-dealkylation sites (N-methyl/N-ethyl adjacent to an activating group) is 1. The largest absolute Gasteiger partial charge is 0.342 e. The Balaban J connectivity index is 1.40. The van der Waals surface area contributed by atoms with Gasteiger partial charge in [0.05, 0.1) is 27.6 Å². The maximum Gasteiger partial charge on any atom is 0.269 e. The fraction of sp³-hybridized carbons (Fsp3) is 0.409. The van der Waals surface area contributed by atoms with E-state index in [-0.39, 0.29) is 29.0 Å². The van der Waals surface area contributed by atoms with E-state index in [1.165, 1.54) is 19.2 Å². The van der Waals surface area contributed by atoms with Gasteiger partial charge in [-0.1, -0.05) is 0 Å². The molecule has 11 nitrogen and oxygen atoms in total. The molecule has 3 aromatic rings. The number of nitro groups is 1. The van der Waals surface area contributed by atoms with Crippen molar-refractivity contribution in [3.63, 3.8) is 0 Å². The second-order valence-corrected chi connectivity index (χ2v) is 10.6. The number of likely N-dealkylation sites (tertiary alicyclic amines) is 1. The topological polar surface area (TPSA) is 142 Å². The fourth-order valence-corrected chi connectivity index (χ4v) is 5.42. The van der Waals surface area contributed by atoms with Crippen LogP contribution < -0.4 is 0 Å². The minimum Gasteiger partial charge on any atom is -0.342 e. The highest BCUT2D eigenvalue weighted by Gasteiger charge is 2.29. The predicted molar refractivity (Wildman–Crippen MR) is 125 cm³/mol. The molecule has 34 heavy (non-hydrogen) atoms. The number of aryl methyl sites for hydroxylation is 2. The van der Waals surface area contributed by atoms with Gasteiger partial charge in [0, 0.05) is 38.5 Å². The van der Waals surface area contributed by atoms with Crippen molar-refractivity contribution in [1.82, 2.24) is 24.2 Å². The third-order valence-corrected chi connectivity index (χ3v) is 8.07. The number of non-ortho nitro benzene ring substituents is 1. The molecule has 12 heteroatoms. The van der Waals surface area contributed by atoms with E-state index < -0.39 is 14.9 Å². The lowest BCUT2D eigenvalue weighted by atomic mass is 9.89. The molecular weight excluding hydrogens is 460 g/mol. The maximum atomic E-state index is 12.8. The quantitative estimate of drug-likeness (QED) is 0.417. The molecular formula is C22H26N6O5S. The van der Waals surface area contributed by atoms with Crippen molar-refractivity contribution < 1.29 is 18.1 Å². The lowest BCUT2D eigenvalue weighted by Crippen LogP contribution is -2.44. The Morgan fingerprint density at radius 2 is 1.88 bits per heavy atom. The number of imidazole rings is 1. The zero-order valence-corrected chi connectivity index (χ0v) is 20.0. The number of H-pyrrole nitrogens is 1. The molecule has 1 aromatic carbocycles. The summed E-state index contributed by atoms with van der Waals surface area (Å²) in [6.45, 7) is 4.55. The highest BCUT2D eigenvalue weighted by atomic mass is 32.2. The Kier molecular flexibility index (Phi) is 6.36. The van der Waals surface area contributed by atoms with Crippen molar-refractivity contribution in [2.24, 2.45) is 0 Å². The number of sulfonamides is 1. The second kappa shape index (κ2) is 9.11. The molecule has 0 radical (unpaired) electrons. The first-order valence-corrected chi connectivity index (χ1v) is 12.3. The van der Waals surface area contributed by atoms with E-state index in [0.717, 1.165) is 57.4 Å². The molecule has 1 aliphatic heterocycles. The van der Waals surface area contributed by atoms with E-state index in [1.54, 1.807) is 4.90 Å². The van der Waals surface area contributed by atoms with Gasteiger partial charge in [0.25, 0.3) is 5.69 Å². The summed E-state index contributed by atoms with van der Waals surface area (Å²) in [5, 5.41) is 10.8. The number of piperidine rings is 1. The van der Waals surface area contributed by atoms with Crippen LogP contribution in [0.2, 0.25) is 0 Å². The molecule has 1 saturated heterocycles. The number of amides is 1. The van der Waals surface area contributed by atoms with Crippen LogP contribution in [0, 0.1) is 24.0 Å². The molecule has 2 aromatic heterocycles. The van der Waals surface area contributed by atoms with Gasteiger partial charge in [-0.3, -0.25) is 19.9 Å². The number of hydrogen-bond acceptors (Lipinski definition) is 7. The zero-order valence-electron chi connectivity index (χ0n) is 19.2. The number of carbonyl (C=O) groups excluding carboxylic acids is 1. The number of carbonyl (C=O) groups is 1. The molecule has 3 heterocycles. The Morgan fingerprint density at radius 3 is 2.50 bits per heavy atom. The van der Waals surface area contributed by atoms with Crippen LogP contribution in [-0.2, 0) is 14.8 Å². The summed E-state index contributed by atoms with van der Waals surface area (Å²) in [5.74, 6) is 0.773. The number of nitro benzene ring substituents is 1. The van der Waals surface area contributed by atoms with E-state index in [0.29, 0.717) is 13.1 Å². The lowest BCUT2D eigenvalue weighted by Gasteiger charge is -2.33. The van der Waals surface area contributed by atoms with Gasteiger partial charge in [-0.25, -0.2) is 13.4 Å². The molecule has 1 amide bonds. The second-order valence-electron chi connectivity index (χ2n) is 8.51. The van der Waals surface area contributed by atoms with Crippen LogP contribution in [0.25, 0.3) is 11.0 Å². The summed E-state index contributed by atoms with van der Waals surface area (Å²) in [5.41, 5.74) is 3.61. The van der Waals surface area contributed by atoms with Crippen LogP contribution in [0.15, 0.2) is 35.4 Å². The van der Waals surface area contributed by atoms with Gasteiger partial charge in [0.15, 0.2) is 0 Å².